The molecule has 0 aliphatic heterocycles. The van der Waals surface area contributed by atoms with Crippen LogP contribution in [0.5, 0.6) is 0 Å². The Morgan fingerprint density at radius 1 is 1.67 bits per heavy atom. The molecule has 1 heterocycles. The summed E-state index contributed by atoms with van der Waals surface area (Å²) in [5.41, 5.74) is 3.04. The summed E-state index contributed by atoms with van der Waals surface area (Å²) < 4.78 is 0. The molecule has 0 unspecified atom stereocenters. The van der Waals surface area contributed by atoms with Crippen molar-refractivity contribution < 1.29 is 4.92 Å². The second-order valence-corrected chi connectivity index (χ2v) is 2.22. The number of nitrogen functional groups attached to an aromatic ring is 1. The van der Waals surface area contributed by atoms with Crippen LogP contribution >= 0.6 is 11.6 Å². The molecule has 0 saturated carbocycles. The van der Waals surface area contributed by atoms with E-state index < -0.39 is 27.0 Å². The van der Waals surface area contributed by atoms with Crippen molar-refractivity contribution in [3.8, 4) is 0 Å². The van der Waals surface area contributed by atoms with Crippen LogP contribution < -0.4 is 11.3 Å². The molecule has 0 aromatic carbocycles. The molecule has 0 fully saturated rings. The molecule has 0 aliphatic rings. The predicted octanol–water partition coefficient (Wildman–Crippen LogP) is -0.0863. The molecule has 0 amide bonds. The number of nitrogens with two attached hydrogens (primary N) is 1. The highest BCUT2D eigenvalue weighted by Gasteiger charge is 2.20. The quantitative estimate of drug-likeness (QED) is 0.474. The second-order valence-electron chi connectivity index (χ2n) is 1.86. The van der Waals surface area contributed by atoms with Gasteiger partial charge < -0.3 is 5.73 Å². The van der Waals surface area contributed by atoms with Gasteiger partial charge in [0.2, 0.25) is 5.15 Å². The predicted molar refractivity (Wildman–Crippen MR) is 40.9 cm³/mol. The smallest absolute Gasteiger partial charge is 0.336 e. The normalized spacial score (nSPS) is 9.75. The minimum absolute atomic E-state index is 0.433. The average molecular weight is 191 g/mol. The first-order valence-electron chi connectivity index (χ1n) is 2.72. The van der Waals surface area contributed by atoms with Crippen molar-refractivity contribution >= 4 is 23.0 Å². The molecule has 1 aromatic heterocycles. The van der Waals surface area contributed by atoms with Crippen molar-refractivity contribution in [2.45, 2.75) is 0 Å². The highest BCUT2D eigenvalue weighted by Crippen LogP contribution is 2.23. The Morgan fingerprint density at radius 2 is 2.25 bits per heavy atom. The van der Waals surface area contributed by atoms with Gasteiger partial charge in [-0.05, 0) is 0 Å². The van der Waals surface area contributed by atoms with Crippen molar-refractivity contribution in [2.24, 2.45) is 0 Å². The van der Waals surface area contributed by atoms with Gasteiger partial charge in [0, 0.05) is 0 Å². The monoisotopic (exact) mass is 190 g/mol. The number of H-pyrrole nitrogens is 1. The van der Waals surface area contributed by atoms with E-state index in [0.29, 0.717) is 0 Å². The van der Waals surface area contributed by atoms with Gasteiger partial charge in [-0.2, -0.15) is 5.10 Å². The average Bonchev–Trinajstić information content (AvgIpc) is 1.97. The Labute approximate surface area is 70.3 Å². The fraction of sp³-hybridized carbons (Fsp3) is 0. The lowest BCUT2D eigenvalue weighted by atomic mass is 10.4. The third-order valence-electron chi connectivity index (χ3n) is 1.13. The lowest BCUT2D eigenvalue weighted by Crippen LogP contribution is -2.15. The first-order valence-corrected chi connectivity index (χ1v) is 3.10. The van der Waals surface area contributed by atoms with Crippen LogP contribution in [0.25, 0.3) is 0 Å². The molecule has 1 aromatic rings. The van der Waals surface area contributed by atoms with Gasteiger partial charge in [-0.15, -0.1) is 0 Å². The van der Waals surface area contributed by atoms with E-state index in [0.717, 1.165) is 0 Å². The SMILES string of the molecule is Nc1c([N+](=O)[O-])c(Cl)n[nH]c1=O. The van der Waals surface area contributed by atoms with E-state index in [1.54, 1.807) is 0 Å². The van der Waals surface area contributed by atoms with Gasteiger partial charge in [0.25, 0.3) is 5.56 Å². The van der Waals surface area contributed by atoms with E-state index in [4.69, 9.17) is 17.3 Å². The van der Waals surface area contributed by atoms with Crippen LogP contribution in [0.15, 0.2) is 4.79 Å². The van der Waals surface area contributed by atoms with Crippen molar-refractivity contribution in [3.63, 3.8) is 0 Å². The molecule has 3 N–H and O–H groups in total. The minimum atomic E-state index is -0.861. The van der Waals surface area contributed by atoms with Gasteiger partial charge in [0.05, 0.1) is 4.92 Å². The second kappa shape index (κ2) is 2.78. The number of hydrogen-bond acceptors (Lipinski definition) is 5. The zero-order valence-electron chi connectivity index (χ0n) is 5.57. The molecule has 0 saturated heterocycles. The third kappa shape index (κ3) is 1.21. The number of halogens is 1. The van der Waals surface area contributed by atoms with Gasteiger partial charge in [-0.25, -0.2) is 5.10 Å². The first kappa shape index (κ1) is 8.47. The summed E-state index contributed by atoms with van der Waals surface area (Å²) in [6.45, 7) is 0. The fourth-order valence-electron chi connectivity index (χ4n) is 0.605. The maximum atomic E-state index is 10.7. The molecule has 0 bridgehead atoms. The summed E-state index contributed by atoms with van der Waals surface area (Å²) in [6, 6.07) is 0. The summed E-state index contributed by atoms with van der Waals surface area (Å²) in [4.78, 5) is 20.1. The highest BCUT2D eigenvalue weighted by atomic mass is 35.5. The summed E-state index contributed by atoms with van der Waals surface area (Å²) in [6.07, 6.45) is 0. The molecule has 0 spiro atoms. The molecule has 1 rings (SSSR count). The van der Waals surface area contributed by atoms with E-state index >= 15 is 0 Å². The van der Waals surface area contributed by atoms with Crippen molar-refractivity contribution in [2.75, 3.05) is 5.73 Å². The summed E-state index contributed by atoms with van der Waals surface area (Å²) >= 11 is 5.29. The number of nitro groups is 1. The highest BCUT2D eigenvalue weighted by molar-refractivity contribution is 6.31. The van der Waals surface area contributed by atoms with Gasteiger partial charge in [0.15, 0.2) is 5.69 Å². The van der Waals surface area contributed by atoms with Crippen molar-refractivity contribution in [1.29, 1.82) is 0 Å². The number of rotatable bonds is 1. The van der Waals surface area contributed by atoms with Crippen LogP contribution in [0, 0.1) is 10.1 Å². The van der Waals surface area contributed by atoms with Crippen LogP contribution in [0.3, 0.4) is 0 Å². The molecular weight excluding hydrogens is 188 g/mol. The number of nitrogens with one attached hydrogen (secondary N) is 1. The van der Waals surface area contributed by atoms with E-state index in [1.807, 2.05) is 5.10 Å². The maximum absolute atomic E-state index is 10.7. The summed E-state index contributed by atoms with van der Waals surface area (Å²) in [5, 5.41) is 14.9. The molecule has 0 aliphatic carbocycles. The van der Waals surface area contributed by atoms with Gasteiger partial charge in [0.1, 0.15) is 0 Å². The van der Waals surface area contributed by atoms with Gasteiger partial charge >= 0.3 is 5.69 Å². The van der Waals surface area contributed by atoms with E-state index in [-0.39, 0.29) is 0 Å². The molecule has 0 atom stereocenters. The van der Waals surface area contributed by atoms with Crippen molar-refractivity contribution in [1.82, 2.24) is 10.2 Å². The van der Waals surface area contributed by atoms with E-state index in [9.17, 15) is 14.9 Å². The number of aromatic amines is 1. The molecule has 0 radical (unpaired) electrons. The Hall–Kier alpha value is -1.63. The Kier molecular flexibility index (Phi) is 1.96. The van der Waals surface area contributed by atoms with Crippen LogP contribution in [-0.4, -0.2) is 15.1 Å². The lowest BCUT2D eigenvalue weighted by molar-refractivity contribution is -0.384. The number of nitrogens with zero attached hydrogens (tertiary/aromatic N) is 2. The third-order valence-corrected chi connectivity index (χ3v) is 1.40. The zero-order valence-corrected chi connectivity index (χ0v) is 6.33. The lowest BCUT2D eigenvalue weighted by Gasteiger charge is -1.95. The zero-order chi connectivity index (χ0) is 9.30. The van der Waals surface area contributed by atoms with E-state index in [2.05, 4.69) is 5.10 Å². The summed E-state index contributed by atoms with van der Waals surface area (Å²) in [5.74, 6) is 0. The molecule has 64 valence electrons. The number of aromatic nitrogens is 2. The van der Waals surface area contributed by atoms with Crippen molar-refractivity contribution in [3.05, 3.63) is 25.6 Å². The molecule has 7 nitrogen and oxygen atoms in total. The Balaban J connectivity index is 3.54. The first-order chi connectivity index (χ1) is 5.54. The van der Waals surface area contributed by atoms with E-state index in [1.165, 1.54) is 0 Å². The Bertz CT molecular complexity index is 386. The number of hydrogen-bond donors (Lipinski definition) is 2. The standard InChI is InChI=1S/C4H3ClN4O3/c5-3-2(9(11)12)1(6)4(10)8-7-3/h(H2,6,7)(H,8,10). The van der Waals surface area contributed by atoms with Crippen LogP contribution in [0.2, 0.25) is 5.15 Å². The largest absolute Gasteiger partial charge is 0.388 e. The molecular formula is C4H3ClN4O3. The van der Waals surface area contributed by atoms with Gasteiger partial charge in [-0.3, -0.25) is 14.9 Å². The topological polar surface area (TPSA) is 115 Å². The van der Waals surface area contributed by atoms with Gasteiger partial charge in [-0.1, -0.05) is 11.6 Å². The minimum Gasteiger partial charge on any atom is -0.388 e. The van der Waals surface area contributed by atoms with Crippen LogP contribution in [0.1, 0.15) is 0 Å². The molecule has 8 heteroatoms. The Morgan fingerprint density at radius 3 is 2.67 bits per heavy atom. The van der Waals surface area contributed by atoms with Crippen LogP contribution in [0.4, 0.5) is 11.4 Å². The fourth-order valence-corrected chi connectivity index (χ4v) is 0.818. The molecule has 12 heavy (non-hydrogen) atoms. The van der Waals surface area contributed by atoms with Crippen LogP contribution in [-0.2, 0) is 0 Å². The number of anilines is 1. The maximum Gasteiger partial charge on any atom is 0.336 e. The summed E-state index contributed by atoms with van der Waals surface area (Å²) in [7, 11) is 0.